The molecule has 13 heteroatoms. The molecule has 0 saturated heterocycles. The van der Waals surface area contributed by atoms with E-state index in [1.165, 1.54) is 11.3 Å². The highest BCUT2D eigenvalue weighted by Crippen LogP contribution is 2.32. The first-order valence-corrected chi connectivity index (χ1v) is 15.5. The lowest BCUT2D eigenvalue weighted by Crippen LogP contribution is -2.24. The molecule has 4 rings (SSSR count). The summed E-state index contributed by atoms with van der Waals surface area (Å²) >= 11 is 1.48. The van der Waals surface area contributed by atoms with Crippen molar-refractivity contribution in [3.8, 4) is 5.75 Å². The molecule has 4 aromatic rings. The molecule has 2 aromatic heterocycles. The van der Waals surface area contributed by atoms with Gasteiger partial charge in [0.25, 0.3) is 0 Å². The van der Waals surface area contributed by atoms with Crippen LogP contribution in [0.1, 0.15) is 45.7 Å². The number of esters is 1. The number of rotatable bonds is 17. The van der Waals surface area contributed by atoms with Gasteiger partial charge in [0.1, 0.15) is 17.0 Å². The van der Waals surface area contributed by atoms with Crippen LogP contribution in [0, 0.1) is 0 Å². The summed E-state index contributed by atoms with van der Waals surface area (Å²) in [6.45, 7) is 8.32. The van der Waals surface area contributed by atoms with E-state index < -0.39 is 5.60 Å². The minimum atomic E-state index is -0.482. The number of hydrogen-bond acceptors (Lipinski definition) is 12. The van der Waals surface area contributed by atoms with Crippen LogP contribution in [0.3, 0.4) is 0 Å². The van der Waals surface area contributed by atoms with Crippen molar-refractivity contribution < 1.29 is 23.7 Å². The highest BCUT2D eigenvalue weighted by molar-refractivity contribution is 7.21. The van der Waals surface area contributed by atoms with Crippen molar-refractivity contribution >= 4 is 44.0 Å². The molecule has 0 atom stereocenters. The van der Waals surface area contributed by atoms with Crippen molar-refractivity contribution in [2.75, 3.05) is 45.4 Å². The maximum atomic E-state index is 11.7. The molecule has 0 bridgehead atoms. The monoisotopic (exact) mass is 623 g/mol. The largest absolute Gasteiger partial charge is 0.494 e. The van der Waals surface area contributed by atoms with Gasteiger partial charge in [-0.3, -0.25) is 9.48 Å². The van der Waals surface area contributed by atoms with Gasteiger partial charge in [0.2, 0.25) is 5.13 Å². The van der Waals surface area contributed by atoms with Crippen molar-refractivity contribution in [2.24, 2.45) is 10.2 Å². The van der Waals surface area contributed by atoms with Crippen molar-refractivity contribution in [3.05, 3.63) is 54.4 Å². The molecule has 0 aliphatic rings. The molecule has 44 heavy (non-hydrogen) atoms. The number of carbonyl (C=O) groups is 1. The normalized spacial score (nSPS) is 11.8. The third kappa shape index (κ3) is 11.3. The zero-order valence-electron chi connectivity index (χ0n) is 26.1. The minimum absolute atomic E-state index is 0.223. The second kappa shape index (κ2) is 16.2. The number of carbonyl (C=O) groups excluding carboxylic acids is 1. The Morgan fingerprint density at radius 3 is 2.55 bits per heavy atom. The van der Waals surface area contributed by atoms with Crippen LogP contribution in [0.25, 0.3) is 10.2 Å². The molecule has 0 spiro atoms. The zero-order valence-corrected chi connectivity index (χ0v) is 26.9. The number of hydrogen-bond donors (Lipinski definition) is 0. The van der Waals surface area contributed by atoms with Crippen LogP contribution < -0.4 is 9.64 Å². The number of benzene rings is 2. The summed E-state index contributed by atoms with van der Waals surface area (Å²) in [5, 5.41) is 17.6. The summed E-state index contributed by atoms with van der Waals surface area (Å²) < 4.78 is 25.1. The number of nitrogens with zero attached hydrogens (tertiary/aromatic N) is 7. The van der Waals surface area contributed by atoms with Gasteiger partial charge in [0, 0.05) is 26.3 Å². The highest BCUT2D eigenvalue weighted by atomic mass is 32.1. The number of thiazole rings is 1. The summed E-state index contributed by atoms with van der Waals surface area (Å²) in [5.41, 5.74) is 3.04. The van der Waals surface area contributed by atoms with Crippen LogP contribution in [-0.4, -0.2) is 72.1 Å². The average molecular weight is 624 g/mol. The predicted octanol–water partition coefficient (Wildman–Crippen LogP) is 6.49. The number of fused-ring (bicyclic) bond motifs is 1. The molecule has 0 radical (unpaired) electrons. The Morgan fingerprint density at radius 2 is 1.77 bits per heavy atom. The Hall–Kier alpha value is -3.94. The number of anilines is 1. The Balaban J connectivity index is 1.09. The Morgan fingerprint density at radius 1 is 0.977 bits per heavy atom. The van der Waals surface area contributed by atoms with Crippen LogP contribution >= 0.6 is 11.3 Å². The molecule has 0 unspecified atom stereocenters. The third-order valence-corrected chi connectivity index (χ3v) is 7.00. The van der Waals surface area contributed by atoms with Gasteiger partial charge in [-0.2, -0.15) is 0 Å². The maximum Gasteiger partial charge on any atom is 0.308 e. The van der Waals surface area contributed by atoms with Gasteiger partial charge in [-0.15, -0.1) is 15.3 Å². The molecular weight excluding hydrogens is 582 g/mol. The first-order chi connectivity index (χ1) is 21.1. The predicted molar refractivity (Wildman–Crippen MR) is 170 cm³/mol. The van der Waals surface area contributed by atoms with Crippen molar-refractivity contribution in [1.29, 1.82) is 0 Å². The van der Waals surface area contributed by atoms with Crippen LogP contribution in [0.5, 0.6) is 5.75 Å². The topological polar surface area (TPSA) is 126 Å². The van der Waals surface area contributed by atoms with Crippen LogP contribution in [0.15, 0.2) is 58.9 Å². The Labute approximate surface area is 262 Å². The summed E-state index contributed by atoms with van der Waals surface area (Å²) in [5.74, 6) is 0.536. The molecule has 0 aliphatic heterocycles. The average Bonchev–Trinajstić information content (AvgIpc) is 3.61. The molecule has 236 valence electrons. The van der Waals surface area contributed by atoms with Gasteiger partial charge < -0.3 is 23.8 Å². The lowest BCUT2D eigenvalue weighted by atomic mass is 10.2. The fourth-order valence-electron chi connectivity index (χ4n) is 3.97. The van der Waals surface area contributed by atoms with Gasteiger partial charge in [-0.05, 0) is 76.1 Å². The van der Waals surface area contributed by atoms with E-state index >= 15 is 0 Å². The van der Waals surface area contributed by atoms with Crippen LogP contribution in [0.2, 0.25) is 0 Å². The molecule has 12 nitrogen and oxygen atoms in total. The first kappa shape index (κ1) is 33.0. The third-order valence-electron chi connectivity index (χ3n) is 6.09. The number of ether oxygens (including phenoxy) is 4. The zero-order chi connectivity index (χ0) is 31.4. The molecular formula is C31H41N7O5S. The summed E-state index contributed by atoms with van der Waals surface area (Å²) in [4.78, 5) is 18.3. The Bertz CT molecular complexity index is 1500. The summed E-state index contributed by atoms with van der Waals surface area (Å²) in [7, 11) is 4.00. The number of unbranched alkanes of at least 4 members (excludes halogenated alkanes) is 1. The maximum absolute atomic E-state index is 11.7. The second-order valence-electron chi connectivity index (χ2n) is 11.3. The fraction of sp³-hybridized carbons (Fsp3) is 0.484. The Kier molecular flexibility index (Phi) is 12.2. The van der Waals surface area contributed by atoms with E-state index in [9.17, 15) is 4.79 Å². The van der Waals surface area contributed by atoms with Gasteiger partial charge in [0.15, 0.2) is 0 Å². The van der Waals surface area contributed by atoms with Gasteiger partial charge >= 0.3 is 5.97 Å². The van der Waals surface area contributed by atoms with E-state index in [0.717, 1.165) is 52.4 Å². The van der Waals surface area contributed by atoms with E-state index in [4.69, 9.17) is 18.9 Å². The molecule has 2 heterocycles. The second-order valence-corrected chi connectivity index (χ2v) is 12.3. The van der Waals surface area contributed by atoms with Crippen LogP contribution in [0.4, 0.5) is 16.5 Å². The minimum Gasteiger partial charge on any atom is -0.494 e. The summed E-state index contributed by atoms with van der Waals surface area (Å²) in [6, 6.07) is 13.8. The standard InChI is InChI=1S/C31H41N7O5S/c1-31(2,3)43-29(39)14-17-40-18-19-41-22-24-21-38(36-34-24)15-6-7-16-42-26-12-13-27-28(20-26)44-30(32-27)35-33-23-8-10-25(11-9-23)37(4)5/h8-13,20-21H,6-7,14-19,22H2,1-5H3. The van der Waals surface area contributed by atoms with Crippen molar-refractivity contribution in [2.45, 2.75) is 58.8 Å². The van der Waals surface area contributed by atoms with Gasteiger partial charge in [-0.1, -0.05) is 16.6 Å². The number of azo groups is 1. The lowest BCUT2D eigenvalue weighted by Gasteiger charge is -2.19. The van der Waals surface area contributed by atoms with Gasteiger partial charge in [-0.25, -0.2) is 4.98 Å². The number of aromatic nitrogens is 4. The first-order valence-electron chi connectivity index (χ1n) is 14.6. The molecule has 0 amide bonds. The van der Waals surface area contributed by atoms with E-state index in [1.807, 2.05) is 93.1 Å². The number of aryl methyl sites for hydroxylation is 1. The fourth-order valence-corrected chi connectivity index (χ4v) is 4.78. The van der Waals surface area contributed by atoms with Crippen molar-refractivity contribution in [1.82, 2.24) is 20.0 Å². The molecule has 0 saturated carbocycles. The van der Waals surface area contributed by atoms with E-state index in [0.29, 0.717) is 38.2 Å². The van der Waals surface area contributed by atoms with E-state index in [1.54, 1.807) is 0 Å². The quantitative estimate of drug-likeness (QED) is 0.0737. The SMILES string of the molecule is CN(C)c1ccc(N=Nc2nc3ccc(OCCCCn4cc(COCCOCCC(=O)OC(C)(C)C)nn4)cc3s2)cc1. The van der Waals surface area contributed by atoms with E-state index in [2.05, 4.69) is 25.5 Å². The smallest absolute Gasteiger partial charge is 0.308 e. The van der Waals surface area contributed by atoms with Crippen LogP contribution in [-0.2, 0) is 32.2 Å². The van der Waals surface area contributed by atoms with Gasteiger partial charge in [0.05, 0.1) is 61.6 Å². The lowest BCUT2D eigenvalue weighted by molar-refractivity contribution is -0.156. The summed E-state index contributed by atoms with van der Waals surface area (Å²) in [6.07, 6.45) is 3.88. The highest BCUT2D eigenvalue weighted by Gasteiger charge is 2.15. The molecule has 0 N–H and O–H groups in total. The molecule has 0 fully saturated rings. The molecule has 2 aromatic carbocycles. The molecule has 0 aliphatic carbocycles. The van der Waals surface area contributed by atoms with E-state index in [-0.39, 0.29) is 12.4 Å². The van der Waals surface area contributed by atoms with Crippen molar-refractivity contribution in [3.63, 3.8) is 0 Å².